The van der Waals surface area contributed by atoms with Gasteiger partial charge in [0.1, 0.15) is 40.5 Å². The highest BCUT2D eigenvalue weighted by molar-refractivity contribution is 7.92. The molecule has 4 aromatic carbocycles. The number of hydrogen-bond acceptors (Lipinski definition) is 8. The first kappa shape index (κ1) is 27.1. The Morgan fingerprint density at radius 3 is 1.51 bits per heavy atom. The van der Waals surface area contributed by atoms with Crippen LogP contribution >= 0.6 is 0 Å². The highest BCUT2D eigenvalue weighted by atomic mass is 32.2. The third-order valence-electron chi connectivity index (χ3n) is 5.24. The summed E-state index contributed by atoms with van der Waals surface area (Å²) >= 11 is 0. The van der Waals surface area contributed by atoms with Crippen LogP contribution in [0.3, 0.4) is 0 Å². The average molecular weight is 552 g/mol. The normalized spacial score (nSPS) is 10.8. The molecule has 7 N–H and O–H groups in total. The lowest BCUT2D eigenvalue weighted by Crippen LogP contribution is -2.18. The van der Waals surface area contributed by atoms with E-state index in [2.05, 4.69) is 4.72 Å². The van der Waals surface area contributed by atoms with Crippen LogP contribution < -0.4 is 25.2 Å². The Hall–Kier alpha value is -4.98. The van der Waals surface area contributed by atoms with Crippen molar-refractivity contribution in [2.24, 2.45) is 0 Å². The molecule has 11 nitrogen and oxygen atoms in total. The van der Waals surface area contributed by atoms with E-state index >= 15 is 0 Å². The van der Waals surface area contributed by atoms with E-state index < -0.39 is 15.8 Å². The van der Waals surface area contributed by atoms with Gasteiger partial charge in [0, 0.05) is 29.3 Å². The predicted molar refractivity (Wildman–Crippen MR) is 140 cm³/mol. The van der Waals surface area contributed by atoms with Crippen molar-refractivity contribution in [3.05, 3.63) is 108 Å². The molecule has 0 amide bonds. The Labute approximate surface area is 222 Å². The number of hydroxylamine groups is 2. The fourth-order valence-electron chi connectivity index (χ4n) is 3.36. The number of nitrogens with one attached hydrogen (secondary N) is 5. The third-order valence-corrected chi connectivity index (χ3v) is 6.63. The van der Waals surface area contributed by atoms with Gasteiger partial charge in [-0.1, -0.05) is 0 Å². The van der Waals surface area contributed by atoms with E-state index in [1.165, 1.54) is 18.2 Å². The SMILES string of the molecule is N=C(NO)c1ccc(Oc2cc(NS(=O)(=O)c3ccc(F)cc3)cc(Oc3ccc(C(=N)NO)cc3)c2)cc1. The van der Waals surface area contributed by atoms with Gasteiger partial charge in [0.2, 0.25) is 0 Å². The molecule has 0 spiro atoms. The number of hydrogen-bond donors (Lipinski definition) is 7. The number of halogens is 1. The van der Waals surface area contributed by atoms with Crippen molar-refractivity contribution >= 4 is 27.4 Å². The second-order valence-electron chi connectivity index (χ2n) is 7.98. The largest absolute Gasteiger partial charge is 0.457 e. The number of sulfonamides is 1. The Balaban J connectivity index is 1.65. The highest BCUT2D eigenvalue weighted by Gasteiger charge is 2.16. The molecule has 200 valence electrons. The average Bonchev–Trinajstić information content (AvgIpc) is 2.93. The Morgan fingerprint density at radius 1 is 0.667 bits per heavy atom. The molecule has 0 bridgehead atoms. The van der Waals surface area contributed by atoms with Gasteiger partial charge < -0.3 is 9.47 Å². The molecule has 4 rings (SSSR count). The molecule has 0 heterocycles. The number of amidine groups is 2. The van der Waals surface area contributed by atoms with Crippen molar-refractivity contribution in [3.63, 3.8) is 0 Å². The van der Waals surface area contributed by atoms with Crippen LogP contribution in [0.1, 0.15) is 11.1 Å². The Morgan fingerprint density at radius 2 is 1.10 bits per heavy atom. The first-order valence-electron chi connectivity index (χ1n) is 11.1. The molecule has 0 aliphatic rings. The predicted octanol–water partition coefficient (Wildman–Crippen LogP) is 4.82. The molecule has 0 aliphatic carbocycles. The summed E-state index contributed by atoms with van der Waals surface area (Å²) in [5.74, 6) is 0.134. The summed E-state index contributed by atoms with van der Waals surface area (Å²) in [6.45, 7) is 0. The third kappa shape index (κ3) is 6.87. The standard InChI is InChI=1S/C26H22FN5O6S/c27-18-5-11-24(12-6-18)39(35,36)32-19-13-22(37-20-7-1-16(2-8-20)25(28)30-33)15-23(14-19)38-21-9-3-17(4-10-21)26(29)31-34/h1-15,32-34H,(H2,28,30)(H2,29,31). The summed E-state index contributed by atoms with van der Waals surface area (Å²) < 4.78 is 53.3. The summed E-state index contributed by atoms with van der Waals surface area (Å²) in [5.41, 5.74) is 4.41. The summed E-state index contributed by atoms with van der Waals surface area (Å²) in [4.78, 5) is -0.149. The summed E-state index contributed by atoms with van der Waals surface area (Å²) in [6.07, 6.45) is 0. The van der Waals surface area contributed by atoms with E-state index in [9.17, 15) is 12.8 Å². The molecule has 0 aliphatic heterocycles. The lowest BCUT2D eigenvalue weighted by Gasteiger charge is -2.14. The zero-order valence-electron chi connectivity index (χ0n) is 20.0. The first-order chi connectivity index (χ1) is 18.7. The van der Waals surface area contributed by atoms with Crippen LogP contribution in [-0.4, -0.2) is 30.5 Å². The van der Waals surface area contributed by atoms with Gasteiger partial charge in [0.15, 0.2) is 0 Å². The lowest BCUT2D eigenvalue weighted by molar-refractivity contribution is 0.234. The van der Waals surface area contributed by atoms with Gasteiger partial charge in [-0.2, -0.15) is 0 Å². The topological polar surface area (TPSA) is 177 Å². The van der Waals surface area contributed by atoms with E-state index in [1.807, 2.05) is 0 Å². The smallest absolute Gasteiger partial charge is 0.261 e. The number of rotatable bonds is 9. The van der Waals surface area contributed by atoms with Gasteiger partial charge in [0.25, 0.3) is 10.0 Å². The van der Waals surface area contributed by atoms with Crippen molar-refractivity contribution in [1.82, 2.24) is 11.0 Å². The molecule has 4 aromatic rings. The maximum absolute atomic E-state index is 13.3. The van der Waals surface area contributed by atoms with Crippen LogP contribution in [0.2, 0.25) is 0 Å². The minimum atomic E-state index is -4.08. The highest BCUT2D eigenvalue weighted by Crippen LogP contribution is 2.33. The van der Waals surface area contributed by atoms with Crippen molar-refractivity contribution in [2.75, 3.05) is 4.72 Å². The van der Waals surface area contributed by atoms with Crippen molar-refractivity contribution in [1.29, 1.82) is 10.8 Å². The quantitative estimate of drug-likeness (QED) is 0.0879. The summed E-state index contributed by atoms with van der Waals surface area (Å²) in [7, 11) is -4.08. The molecule has 0 unspecified atom stereocenters. The van der Waals surface area contributed by atoms with Crippen molar-refractivity contribution in [2.45, 2.75) is 4.90 Å². The molecule has 0 fully saturated rings. The van der Waals surface area contributed by atoms with Gasteiger partial charge in [-0.25, -0.2) is 12.8 Å². The molecule has 13 heteroatoms. The molecular formula is C26H22FN5O6S. The second-order valence-corrected chi connectivity index (χ2v) is 9.66. The molecule has 39 heavy (non-hydrogen) atoms. The van der Waals surface area contributed by atoms with Gasteiger partial charge in [-0.05, 0) is 72.8 Å². The maximum Gasteiger partial charge on any atom is 0.261 e. The van der Waals surface area contributed by atoms with Gasteiger partial charge in [-0.3, -0.25) is 36.9 Å². The molecular weight excluding hydrogens is 529 g/mol. The van der Waals surface area contributed by atoms with Gasteiger partial charge in [0.05, 0.1) is 10.6 Å². The van der Waals surface area contributed by atoms with Crippen LogP contribution in [0.25, 0.3) is 0 Å². The maximum atomic E-state index is 13.3. The van der Waals surface area contributed by atoms with Crippen LogP contribution in [0, 0.1) is 16.6 Å². The molecule has 0 atom stereocenters. The van der Waals surface area contributed by atoms with Crippen LogP contribution in [0.15, 0.2) is 95.9 Å². The Kier molecular flexibility index (Phi) is 8.05. The fourth-order valence-corrected chi connectivity index (χ4v) is 4.40. The number of ether oxygens (including phenoxy) is 2. The molecule has 0 radical (unpaired) electrons. The van der Waals surface area contributed by atoms with Crippen LogP contribution in [-0.2, 0) is 10.0 Å². The molecule has 0 aromatic heterocycles. The number of benzene rings is 4. The molecule has 0 saturated carbocycles. The van der Waals surface area contributed by atoms with E-state index in [4.69, 9.17) is 30.7 Å². The number of anilines is 1. The Bertz CT molecular complexity index is 1520. The first-order valence-corrected chi connectivity index (χ1v) is 12.6. The lowest BCUT2D eigenvalue weighted by atomic mass is 10.2. The second kappa shape index (κ2) is 11.6. The van der Waals surface area contributed by atoms with E-state index in [0.29, 0.717) is 22.6 Å². The minimum Gasteiger partial charge on any atom is -0.457 e. The van der Waals surface area contributed by atoms with Gasteiger partial charge >= 0.3 is 0 Å². The van der Waals surface area contributed by atoms with Crippen molar-refractivity contribution in [3.8, 4) is 23.0 Å². The van der Waals surface area contributed by atoms with Crippen LogP contribution in [0.5, 0.6) is 23.0 Å². The summed E-state index contributed by atoms with van der Waals surface area (Å²) in [5, 5.41) is 33.0. The van der Waals surface area contributed by atoms with E-state index in [-0.39, 0.29) is 33.8 Å². The summed E-state index contributed by atoms with van der Waals surface area (Å²) in [6, 6.07) is 21.1. The van der Waals surface area contributed by atoms with E-state index in [1.54, 1.807) is 59.5 Å². The van der Waals surface area contributed by atoms with Gasteiger partial charge in [-0.15, -0.1) is 0 Å². The molecule has 0 saturated heterocycles. The van der Waals surface area contributed by atoms with E-state index in [0.717, 1.165) is 24.3 Å². The fraction of sp³-hybridized carbons (Fsp3) is 0. The monoisotopic (exact) mass is 551 g/mol. The zero-order valence-corrected chi connectivity index (χ0v) is 20.8. The van der Waals surface area contributed by atoms with Crippen LogP contribution in [0.4, 0.5) is 10.1 Å². The minimum absolute atomic E-state index is 0.0950. The van der Waals surface area contributed by atoms with Crippen molar-refractivity contribution < 1.29 is 32.7 Å². The zero-order chi connectivity index (χ0) is 28.0.